The van der Waals surface area contributed by atoms with Crippen molar-refractivity contribution < 1.29 is 4.79 Å². The number of benzene rings is 1. The van der Waals surface area contributed by atoms with Crippen molar-refractivity contribution in [3.8, 4) is 0 Å². The number of nitrogens with one attached hydrogen (secondary N) is 1. The van der Waals surface area contributed by atoms with Gasteiger partial charge in [0.1, 0.15) is 0 Å². The molecule has 0 aliphatic rings. The molecule has 2 aromatic rings. The molecule has 3 nitrogen and oxygen atoms in total. The zero-order valence-electron chi connectivity index (χ0n) is 19.3. The zero-order valence-corrected chi connectivity index (χ0v) is 22.1. The van der Waals surface area contributed by atoms with Gasteiger partial charge in [0, 0.05) is 0 Å². The van der Waals surface area contributed by atoms with Crippen molar-refractivity contribution in [3.05, 3.63) is 59.9 Å². The predicted octanol–water partition coefficient (Wildman–Crippen LogP) is 6.00. The molecular weight excluding hydrogens is 475 g/mol. The minimum absolute atomic E-state index is 0.0387. The average Bonchev–Trinajstić information content (AvgIpc) is 2.79. The van der Waals surface area contributed by atoms with Crippen LogP contribution < -0.4 is 8.90 Å². The van der Waals surface area contributed by atoms with Crippen LogP contribution in [0.5, 0.6) is 0 Å². The summed E-state index contributed by atoms with van der Waals surface area (Å²) < 4.78 is 5.92. The quantitative estimate of drug-likeness (QED) is 0.314. The number of carbonyl (C=O) groups is 1. The first kappa shape index (κ1) is 24.9. The topological polar surface area (TPSA) is 42.0 Å². The Morgan fingerprint density at radius 1 is 0.867 bits per heavy atom. The van der Waals surface area contributed by atoms with E-state index >= 15 is 0 Å². The van der Waals surface area contributed by atoms with E-state index in [2.05, 4.69) is 44.4 Å². The second kappa shape index (κ2) is 13.8. The minimum atomic E-state index is -2.42. The van der Waals surface area contributed by atoms with E-state index in [1.54, 1.807) is 3.58 Å². The summed E-state index contributed by atoms with van der Waals surface area (Å²) in [7, 11) is 0. The first-order valence-electron chi connectivity index (χ1n) is 11.9. The molecule has 0 unspecified atom stereocenters. The van der Waals surface area contributed by atoms with Crippen molar-refractivity contribution in [1.29, 1.82) is 0 Å². The van der Waals surface area contributed by atoms with Crippen LogP contribution in [-0.2, 0) is 17.8 Å². The summed E-state index contributed by atoms with van der Waals surface area (Å²) in [6.07, 6.45) is 10.4. The molecule has 0 atom stereocenters. The molecule has 0 spiro atoms. The molecule has 1 aromatic carbocycles. The van der Waals surface area contributed by atoms with Gasteiger partial charge in [0.05, 0.1) is 0 Å². The second-order valence-electron chi connectivity index (χ2n) is 8.57. The SMILES string of the molecule is CCC[CH2][Sn]([CH2]CCC)([CH2]CCC)[c]1ccc(CC(=O)NCc2ccccc2)nc1. The molecule has 0 saturated heterocycles. The fourth-order valence-corrected chi connectivity index (χ4v) is 19.9. The van der Waals surface area contributed by atoms with Crippen molar-refractivity contribution in [1.82, 2.24) is 10.3 Å². The van der Waals surface area contributed by atoms with Crippen molar-refractivity contribution in [2.24, 2.45) is 0 Å². The van der Waals surface area contributed by atoms with Gasteiger partial charge in [-0.05, 0) is 0 Å². The average molecular weight is 515 g/mol. The van der Waals surface area contributed by atoms with E-state index in [0.29, 0.717) is 13.0 Å². The predicted molar refractivity (Wildman–Crippen MR) is 131 cm³/mol. The molecule has 1 N–H and O–H groups in total. The van der Waals surface area contributed by atoms with Gasteiger partial charge in [-0.25, -0.2) is 0 Å². The fourth-order valence-electron chi connectivity index (χ4n) is 4.22. The molecule has 0 radical (unpaired) electrons. The van der Waals surface area contributed by atoms with Crippen LogP contribution in [0.2, 0.25) is 13.3 Å². The Hall–Kier alpha value is -1.36. The Labute approximate surface area is 188 Å². The van der Waals surface area contributed by atoms with Gasteiger partial charge in [0.25, 0.3) is 0 Å². The van der Waals surface area contributed by atoms with Crippen LogP contribution in [0.15, 0.2) is 48.7 Å². The molecule has 2 rings (SSSR count). The monoisotopic (exact) mass is 516 g/mol. The van der Waals surface area contributed by atoms with Gasteiger partial charge in [-0.15, -0.1) is 0 Å². The molecule has 4 heteroatoms. The van der Waals surface area contributed by atoms with Gasteiger partial charge in [0.15, 0.2) is 0 Å². The molecule has 30 heavy (non-hydrogen) atoms. The van der Waals surface area contributed by atoms with Crippen LogP contribution in [0, 0.1) is 0 Å². The normalized spacial score (nSPS) is 11.4. The van der Waals surface area contributed by atoms with Gasteiger partial charge in [-0.3, -0.25) is 0 Å². The van der Waals surface area contributed by atoms with Gasteiger partial charge < -0.3 is 0 Å². The maximum atomic E-state index is 12.4. The second-order valence-corrected chi connectivity index (χ2v) is 21.8. The van der Waals surface area contributed by atoms with Gasteiger partial charge >= 0.3 is 188 Å². The molecule has 0 saturated carbocycles. The molecular formula is C26H40N2OSn. The van der Waals surface area contributed by atoms with E-state index in [0.717, 1.165) is 11.3 Å². The number of hydrogen-bond acceptors (Lipinski definition) is 2. The summed E-state index contributed by atoms with van der Waals surface area (Å²) in [5.74, 6) is 0.0387. The van der Waals surface area contributed by atoms with Crippen LogP contribution in [0.4, 0.5) is 0 Å². The standard InChI is InChI=1S/C14H13N2O.3C4H9.Sn/c17-14(10-13-8-4-5-9-15-13)16-11-12-6-2-1-3-7-12;3*1-3-4-2;/h1-4,6-9H,10-11H2,(H,16,17);3*1,3-4H2,2H3;. The Kier molecular flexibility index (Phi) is 11.5. The number of unbranched alkanes of at least 4 members (excludes halogenated alkanes) is 3. The molecule has 1 aromatic heterocycles. The molecule has 0 fully saturated rings. The Morgan fingerprint density at radius 3 is 1.97 bits per heavy atom. The van der Waals surface area contributed by atoms with Gasteiger partial charge in [0.2, 0.25) is 0 Å². The number of aromatic nitrogens is 1. The molecule has 164 valence electrons. The summed E-state index contributed by atoms with van der Waals surface area (Å²) in [4.78, 5) is 17.1. The third-order valence-electron chi connectivity index (χ3n) is 6.14. The van der Waals surface area contributed by atoms with E-state index < -0.39 is 18.4 Å². The molecule has 0 bridgehead atoms. The first-order valence-corrected chi connectivity index (χ1v) is 19.4. The van der Waals surface area contributed by atoms with Gasteiger partial charge in [-0.2, -0.15) is 0 Å². The van der Waals surface area contributed by atoms with E-state index in [1.807, 2.05) is 30.3 Å². The summed E-state index contributed by atoms with van der Waals surface area (Å²) >= 11 is -2.42. The summed E-state index contributed by atoms with van der Waals surface area (Å²) in [5.41, 5.74) is 2.00. The third kappa shape index (κ3) is 8.05. The van der Waals surface area contributed by atoms with Crippen LogP contribution in [0.25, 0.3) is 0 Å². The van der Waals surface area contributed by atoms with Crippen molar-refractivity contribution in [3.63, 3.8) is 0 Å². The number of carbonyl (C=O) groups excluding carboxylic acids is 1. The number of amides is 1. The van der Waals surface area contributed by atoms with E-state index in [4.69, 9.17) is 4.98 Å². The zero-order chi connectivity index (χ0) is 21.7. The number of rotatable bonds is 14. The molecule has 0 aliphatic heterocycles. The Bertz CT molecular complexity index is 709. The number of hydrogen-bond donors (Lipinski definition) is 1. The van der Waals surface area contributed by atoms with E-state index in [-0.39, 0.29) is 5.91 Å². The van der Waals surface area contributed by atoms with Crippen LogP contribution in [-0.4, -0.2) is 29.3 Å². The van der Waals surface area contributed by atoms with E-state index in [9.17, 15) is 4.79 Å². The van der Waals surface area contributed by atoms with Crippen molar-refractivity contribution in [2.45, 2.75) is 85.6 Å². The Balaban J connectivity index is 2.05. The van der Waals surface area contributed by atoms with Crippen LogP contribution in [0.1, 0.15) is 70.6 Å². The molecule has 1 heterocycles. The van der Waals surface area contributed by atoms with Crippen LogP contribution in [0.3, 0.4) is 0 Å². The summed E-state index contributed by atoms with van der Waals surface area (Å²) in [6.45, 7) is 7.51. The van der Waals surface area contributed by atoms with E-state index in [1.165, 1.54) is 51.8 Å². The van der Waals surface area contributed by atoms with Crippen LogP contribution >= 0.6 is 0 Å². The van der Waals surface area contributed by atoms with Gasteiger partial charge in [-0.1, -0.05) is 0 Å². The molecule has 0 aliphatic carbocycles. The van der Waals surface area contributed by atoms with Crippen molar-refractivity contribution >= 4 is 27.9 Å². The number of pyridine rings is 1. The Morgan fingerprint density at radius 2 is 1.47 bits per heavy atom. The fraction of sp³-hybridized carbons (Fsp3) is 0.538. The molecule has 1 amide bonds. The number of nitrogens with zero attached hydrogens (tertiary/aromatic N) is 1. The third-order valence-corrected chi connectivity index (χ3v) is 21.7. The maximum absolute atomic E-state index is 12.4. The van der Waals surface area contributed by atoms with Crippen molar-refractivity contribution in [2.75, 3.05) is 0 Å². The summed E-state index contributed by atoms with van der Waals surface area (Å²) in [6, 6.07) is 14.5. The first-order chi connectivity index (χ1) is 14.6. The summed E-state index contributed by atoms with van der Waals surface area (Å²) in [5, 5.41) is 3.01.